The van der Waals surface area contributed by atoms with Crippen LogP contribution in [-0.2, 0) is 4.79 Å². The number of hydrogen-bond donors (Lipinski definition) is 0. The molecular weight excluding hydrogens is 281 g/mol. The first kappa shape index (κ1) is 17.2. The number of halogens is 3. The lowest BCUT2D eigenvalue weighted by Crippen LogP contribution is -2.25. The SMILES string of the molecule is CCN(CCCC(=O)/C=C/C(F)(F)F)c1cc(C)ccn1. The number of aromatic nitrogens is 1. The highest BCUT2D eigenvalue weighted by Crippen LogP contribution is 2.16. The first-order valence-corrected chi connectivity index (χ1v) is 6.78. The number of hydrogen-bond acceptors (Lipinski definition) is 3. The summed E-state index contributed by atoms with van der Waals surface area (Å²) in [6.07, 6.45) is -1.56. The fourth-order valence-corrected chi connectivity index (χ4v) is 1.84. The molecule has 0 bridgehead atoms. The molecule has 0 aliphatic carbocycles. The zero-order valence-corrected chi connectivity index (χ0v) is 12.2. The molecule has 0 aliphatic rings. The molecule has 1 aromatic heterocycles. The van der Waals surface area contributed by atoms with Crippen molar-refractivity contribution in [3.05, 3.63) is 36.0 Å². The second kappa shape index (κ2) is 7.81. The third-order valence-electron chi connectivity index (χ3n) is 2.92. The first-order valence-electron chi connectivity index (χ1n) is 6.78. The lowest BCUT2D eigenvalue weighted by atomic mass is 10.2. The number of nitrogens with zero attached hydrogens (tertiary/aromatic N) is 2. The third-order valence-corrected chi connectivity index (χ3v) is 2.92. The summed E-state index contributed by atoms with van der Waals surface area (Å²) in [5.74, 6) is 0.302. The Morgan fingerprint density at radius 1 is 1.43 bits per heavy atom. The summed E-state index contributed by atoms with van der Waals surface area (Å²) < 4.78 is 35.8. The van der Waals surface area contributed by atoms with Crippen LogP contribution in [0.3, 0.4) is 0 Å². The van der Waals surface area contributed by atoms with Crippen LogP contribution in [0.15, 0.2) is 30.5 Å². The Kier molecular flexibility index (Phi) is 6.39. The minimum absolute atomic E-state index is 0.0188. The van der Waals surface area contributed by atoms with Crippen LogP contribution in [0, 0.1) is 6.92 Å². The van der Waals surface area contributed by atoms with E-state index in [2.05, 4.69) is 4.98 Å². The van der Waals surface area contributed by atoms with Crippen molar-refractivity contribution in [2.45, 2.75) is 32.9 Å². The molecule has 0 unspecified atom stereocenters. The Bertz CT molecular complexity index is 498. The van der Waals surface area contributed by atoms with Crippen LogP contribution in [-0.4, -0.2) is 30.0 Å². The number of anilines is 1. The number of rotatable bonds is 7. The minimum Gasteiger partial charge on any atom is -0.357 e. The van der Waals surface area contributed by atoms with Gasteiger partial charge in [-0.15, -0.1) is 0 Å². The number of pyridine rings is 1. The Morgan fingerprint density at radius 2 is 2.14 bits per heavy atom. The highest BCUT2D eigenvalue weighted by molar-refractivity contribution is 5.89. The highest BCUT2D eigenvalue weighted by atomic mass is 19.4. The van der Waals surface area contributed by atoms with Crippen molar-refractivity contribution in [3.63, 3.8) is 0 Å². The molecule has 0 atom stereocenters. The molecule has 0 amide bonds. The van der Waals surface area contributed by atoms with E-state index < -0.39 is 12.0 Å². The van der Waals surface area contributed by atoms with Gasteiger partial charge in [-0.05, 0) is 44.0 Å². The molecule has 0 spiro atoms. The van der Waals surface area contributed by atoms with Gasteiger partial charge in [-0.2, -0.15) is 13.2 Å². The molecule has 0 saturated carbocycles. The van der Waals surface area contributed by atoms with Gasteiger partial charge in [0.1, 0.15) is 5.82 Å². The quantitative estimate of drug-likeness (QED) is 0.720. The van der Waals surface area contributed by atoms with E-state index in [1.165, 1.54) is 0 Å². The summed E-state index contributed by atoms with van der Waals surface area (Å²) >= 11 is 0. The second-order valence-electron chi connectivity index (χ2n) is 4.72. The average molecular weight is 300 g/mol. The molecule has 0 saturated heterocycles. The Morgan fingerprint density at radius 3 is 2.71 bits per heavy atom. The number of carbonyl (C=O) groups excluding carboxylic acids is 1. The summed E-state index contributed by atoms with van der Waals surface area (Å²) in [7, 11) is 0. The maximum Gasteiger partial charge on any atom is 0.409 e. The van der Waals surface area contributed by atoms with Gasteiger partial charge in [-0.1, -0.05) is 0 Å². The summed E-state index contributed by atoms with van der Waals surface area (Å²) in [4.78, 5) is 17.6. The lowest BCUT2D eigenvalue weighted by molar-refractivity contribution is -0.115. The molecule has 1 aromatic rings. The Labute approximate surface area is 122 Å². The molecule has 0 aliphatic heterocycles. The van der Waals surface area contributed by atoms with Gasteiger partial charge >= 0.3 is 6.18 Å². The molecule has 0 radical (unpaired) electrons. The van der Waals surface area contributed by atoms with Gasteiger partial charge in [0.05, 0.1) is 0 Å². The van der Waals surface area contributed by atoms with Gasteiger partial charge in [-0.3, -0.25) is 4.79 Å². The molecule has 1 heterocycles. The number of ketones is 1. The van der Waals surface area contributed by atoms with Crippen molar-refractivity contribution in [1.29, 1.82) is 0 Å². The van der Waals surface area contributed by atoms with E-state index in [0.29, 0.717) is 19.0 Å². The van der Waals surface area contributed by atoms with Crippen LogP contribution in [0.2, 0.25) is 0 Å². The fraction of sp³-hybridized carbons (Fsp3) is 0.467. The van der Waals surface area contributed by atoms with Crippen LogP contribution in [0.5, 0.6) is 0 Å². The first-order chi connectivity index (χ1) is 9.81. The van der Waals surface area contributed by atoms with Crippen molar-refractivity contribution in [2.24, 2.45) is 0 Å². The van der Waals surface area contributed by atoms with E-state index in [-0.39, 0.29) is 12.5 Å². The van der Waals surface area contributed by atoms with Crippen molar-refractivity contribution in [3.8, 4) is 0 Å². The van der Waals surface area contributed by atoms with Gasteiger partial charge in [0.2, 0.25) is 0 Å². The molecule has 21 heavy (non-hydrogen) atoms. The minimum atomic E-state index is -4.43. The number of aryl methyl sites for hydroxylation is 1. The summed E-state index contributed by atoms with van der Waals surface area (Å²) in [5.41, 5.74) is 1.09. The van der Waals surface area contributed by atoms with Crippen LogP contribution in [0.4, 0.5) is 19.0 Å². The van der Waals surface area contributed by atoms with E-state index in [9.17, 15) is 18.0 Å². The van der Waals surface area contributed by atoms with Gasteiger partial charge in [-0.25, -0.2) is 4.98 Å². The zero-order chi connectivity index (χ0) is 15.9. The topological polar surface area (TPSA) is 33.2 Å². The van der Waals surface area contributed by atoms with Crippen molar-refractivity contribution in [1.82, 2.24) is 4.98 Å². The molecule has 0 fully saturated rings. The summed E-state index contributed by atoms with van der Waals surface area (Å²) in [6.45, 7) is 5.24. The standard InChI is InChI=1S/C15H19F3N2O/c1-3-20(14-11-12(2)7-9-19-14)10-4-5-13(21)6-8-15(16,17)18/h6-9,11H,3-5,10H2,1-2H3/b8-6+. The monoisotopic (exact) mass is 300 g/mol. The predicted molar refractivity (Wildman–Crippen MR) is 76.3 cm³/mol. The molecule has 116 valence electrons. The second-order valence-corrected chi connectivity index (χ2v) is 4.72. The maximum atomic E-state index is 11.9. The predicted octanol–water partition coefficient (Wildman–Crippen LogP) is 3.68. The van der Waals surface area contributed by atoms with E-state index in [1.54, 1.807) is 6.20 Å². The smallest absolute Gasteiger partial charge is 0.357 e. The average Bonchev–Trinajstić information content (AvgIpc) is 2.40. The third kappa shape index (κ3) is 6.92. The van der Waals surface area contributed by atoms with E-state index >= 15 is 0 Å². The van der Waals surface area contributed by atoms with Gasteiger partial charge in [0.25, 0.3) is 0 Å². The van der Waals surface area contributed by atoms with Crippen molar-refractivity contribution < 1.29 is 18.0 Å². The maximum absolute atomic E-state index is 11.9. The molecular formula is C15H19F3N2O. The number of alkyl halides is 3. The van der Waals surface area contributed by atoms with Crippen LogP contribution in [0.25, 0.3) is 0 Å². The molecule has 3 nitrogen and oxygen atoms in total. The zero-order valence-electron chi connectivity index (χ0n) is 12.2. The lowest BCUT2D eigenvalue weighted by Gasteiger charge is -2.21. The van der Waals surface area contributed by atoms with Crippen LogP contribution < -0.4 is 4.90 Å². The summed E-state index contributed by atoms with van der Waals surface area (Å²) in [6, 6.07) is 3.83. The molecule has 6 heteroatoms. The number of allylic oxidation sites excluding steroid dienone is 2. The van der Waals surface area contributed by atoms with Gasteiger partial charge in [0, 0.05) is 31.8 Å². The highest BCUT2D eigenvalue weighted by Gasteiger charge is 2.22. The largest absolute Gasteiger partial charge is 0.409 e. The van der Waals surface area contributed by atoms with E-state index in [4.69, 9.17) is 0 Å². The molecule has 0 N–H and O–H groups in total. The normalized spacial score (nSPS) is 11.9. The molecule has 0 aromatic carbocycles. The van der Waals surface area contributed by atoms with Gasteiger partial charge < -0.3 is 4.90 Å². The number of carbonyl (C=O) groups is 1. The summed E-state index contributed by atoms with van der Waals surface area (Å²) in [5, 5.41) is 0. The van der Waals surface area contributed by atoms with E-state index in [1.807, 2.05) is 30.9 Å². The van der Waals surface area contributed by atoms with E-state index in [0.717, 1.165) is 17.9 Å². The van der Waals surface area contributed by atoms with Gasteiger partial charge in [0.15, 0.2) is 5.78 Å². The van der Waals surface area contributed by atoms with Crippen molar-refractivity contribution >= 4 is 11.6 Å². The molecule has 1 rings (SSSR count). The van der Waals surface area contributed by atoms with Crippen molar-refractivity contribution in [2.75, 3.05) is 18.0 Å². The van der Waals surface area contributed by atoms with Crippen LogP contribution >= 0.6 is 0 Å². The fourth-order valence-electron chi connectivity index (χ4n) is 1.84. The van der Waals surface area contributed by atoms with Crippen LogP contribution in [0.1, 0.15) is 25.3 Å². The Hall–Kier alpha value is -1.85. The Balaban J connectivity index is 2.46.